The van der Waals surface area contributed by atoms with Gasteiger partial charge in [-0.1, -0.05) is 18.2 Å². The topological polar surface area (TPSA) is 74.8 Å². The summed E-state index contributed by atoms with van der Waals surface area (Å²) in [7, 11) is 3.28. The first kappa shape index (κ1) is 24.6. The van der Waals surface area contributed by atoms with Crippen LogP contribution in [0, 0.1) is 0 Å². The van der Waals surface area contributed by atoms with Gasteiger partial charge in [0, 0.05) is 42.1 Å². The van der Waals surface area contributed by atoms with E-state index >= 15 is 0 Å². The Labute approximate surface area is 215 Å². The predicted octanol–water partition coefficient (Wildman–Crippen LogP) is 6.25. The van der Waals surface area contributed by atoms with Crippen molar-refractivity contribution in [1.29, 1.82) is 0 Å². The van der Waals surface area contributed by atoms with Gasteiger partial charge in [-0.3, -0.25) is 4.90 Å². The third kappa shape index (κ3) is 5.19. The van der Waals surface area contributed by atoms with Crippen molar-refractivity contribution in [2.24, 2.45) is 0 Å². The minimum absolute atomic E-state index is 0.0766. The van der Waals surface area contributed by atoms with Crippen molar-refractivity contribution in [2.45, 2.75) is 37.8 Å². The van der Waals surface area contributed by atoms with Crippen LogP contribution < -0.4 is 4.74 Å². The fourth-order valence-corrected chi connectivity index (χ4v) is 6.13. The molecule has 0 radical (unpaired) electrons. The van der Waals surface area contributed by atoms with Crippen molar-refractivity contribution in [3.63, 3.8) is 0 Å². The van der Waals surface area contributed by atoms with Gasteiger partial charge in [-0.15, -0.1) is 11.3 Å². The van der Waals surface area contributed by atoms with Crippen LogP contribution in [0.5, 0.6) is 5.75 Å². The summed E-state index contributed by atoms with van der Waals surface area (Å²) in [6.07, 6.45) is 5.28. The van der Waals surface area contributed by atoms with E-state index in [0.29, 0.717) is 11.7 Å². The average Bonchev–Trinajstić information content (AvgIpc) is 3.58. The number of nitrogens with zero attached hydrogens (tertiary/aromatic N) is 1. The van der Waals surface area contributed by atoms with Gasteiger partial charge in [0.25, 0.3) is 0 Å². The van der Waals surface area contributed by atoms with E-state index in [2.05, 4.69) is 51.8 Å². The SMILES string of the molecule is COc1ccc(CN2CCC(c3c[nH]c4ccc(CC(OC)c5cccs5)cc34)CC2)cc1C(=O)O. The summed E-state index contributed by atoms with van der Waals surface area (Å²) in [6.45, 7) is 2.71. The molecule has 6 nitrogen and oxygen atoms in total. The van der Waals surface area contributed by atoms with Crippen molar-refractivity contribution in [3.8, 4) is 5.75 Å². The van der Waals surface area contributed by atoms with Crippen molar-refractivity contribution in [3.05, 3.63) is 87.2 Å². The third-order valence-corrected chi connectivity index (χ3v) is 8.24. The minimum atomic E-state index is -0.960. The second-order valence-electron chi connectivity index (χ2n) is 9.46. The van der Waals surface area contributed by atoms with Crippen molar-refractivity contribution in [1.82, 2.24) is 9.88 Å². The molecule has 2 aromatic heterocycles. The van der Waals surface area contributed by atoms with E-state index in [1.165, 1.54) is 34.0 Å². The lowest BCUT2D eigenvalue weighted by atomic mass is 9.88. The lowest BCUT2D eigenvalue weighted by Gasteiger charge is -2.32. The number of nitrogens with one attached hydrogen (secondary N) is 1. The van der Waals surface area contributed by atoms with Crippen LogP contribution in [0.2, 0.25) is 0 Å². The minimum Gasteiger partial charge on any atom is -0.496 e. The monoisotopic (exact) mass is 504 g/mol. The molecule has 1 atom stereocenters. The summed E-state index contributed by atoms with van der Waals surface area (Å²) >= 11 is 1.74. The molecule has 1 aliphatic heterocycles. The predicted molar refractivity (Wildman–Crippen MR) is 143 cm³/mol. The van der Waals surface area contributed by atoms with E-state index in [1.54, 1.807) is 30.6 Å². The molecule has 1 unspecified atom stereocenters. The van der Waals surface area contributed by atoms with Gasteiger partial charge in [0.1, 0.15) is 11.3 Å². The first-order valence-corrected chi connectivity index (χ1v) is 13.2. The van der Waals surface area contributed by atoms with Gasteiger partial charge in [-0.05, 0) is 84.3 Å². The molecule has 1 saturated heterocycles. The normalized spacial score (nSPS) is 15.8. The molecule has 0 spiro atoms. The Morgan fingerprint density at radius 3 is 2.64 bits per heavy atom. The van der Waals surface area contributed by atoms with E-state index < -0.39 is 5.97 Å². The van der Waals surface area contributed by atoms with E-state index in [9.17, 15) is 9.90 Å². The number of piperidine rings is 1. The molecular weight excluding hydrogens is 472 g/mol. The van der Waals surface area contributed by atoms with E-state index in [-0.39, 0.29) is 11.7 Å². The molecule has 4 aromatic rings. The number of likely N-dealkylation sites (tertiary alicyclic amines) is 1. The first-order chi connectivity index (χ1) is 17.6. The largest absolute Gasteiger partial charge is 0.496 e. The number of fused-ring (bicyclic) bond motifs is 1. The molecule has 5 rings (SSSR count). The van der Waals surface area contributed by atoms with Crippen molar-refractivity contribution >= 4 is 28.2 Å². The maximum Gasteiger partial charge on any atom is 0.339 e. The highest BCUT2D eigenvalue weighted by molar-refractivity contribution is 7.10. The Kier molecular flexibility index (Phi) is 7.41. The third-order valence-electron chi connectivity index (χ3n) is 7.27. The Morgan fingerprint density at radius 2 is 1.94 bits per heavy atom. The number of ether oxygens (including phenoxy) is 2. The zero-order valence-corrected chi connectivity index (χ0v) is 21.5. The highest BCUT2D eigenvalue weighted by atomic mass is 32.1. The number of methoxy groups -OCH3 is 2. The Bertz CT molecular complexity index is 1320. The van der Waals surface area contributed by atoms with Crippen LogP contribution in [0.15, 0.2) is 60.1 Å². The lowest BCUT2D eigenvalue weighted by Crippen LogP contribution is -2.32. The Balaban J connectivity index is 1.26. The summed E-state index contributed by atoms with van der Waals surface area (Å²) in [5.74, 6) is -0.0552. The number of hydrogen-bond donors (Lipinski definition) is 2. The molecule has 7 heteroatoms. The van der Waals surface area contributed by atoms with Crippen LogP contribution in [0.3, 0.4) is 0 Å². The standard InChI is InChI=1S/C29H32N2O4S/c1-34-26-8-6-20(15-23(26)29(32)33)18-31-11-9-21(10-12-31)24-17-30-25-7-5-19(14-22(24)25)16-27(35-2)28-4-3-13-36-28/h3-8,13-15,17,21,27,30H,9-12,16,18H2,1-2H3,(H,32,33). The number of thiophene rings is 1. The number of H-pyrrole nitrogens is 1. The summed E-state index contributed by atoms with van der Waals surface area (Å²) in [4.78, 5) is 18.7. The summed E-state index contributed by atoms with van der Waals surface area (Å²) in [5.41, 5.74) is 5.08. The van der Waals surface area contributed by atoms with Gasteiger partial charge in [0.2, 0.25) is 0 Å². The molecule has 1 aliphatic rings. The van der Waals surface area contributed by atoms with Gasteiger partial charge in [0.05, 0.1) is 13.2 Å². The number of aromatic nitrogens is 1. The smallest absolute Gasteiger partial charge is 0.339 e. The molecule has 1 fully saturated rings. The van der Waals surface area contributed by atoms with Gasteiger partial charge in [-0.2, -0.15) is 0 Å². The Morgan fingerprint density at radius 1 is 1.14 bits per heavy atom. The number of carboxylic acid groups (broad SMARTS) is 1. The van der Waals surface area contributed by atoms with Crippen LogP contribution in [0.25, 0.3) is 10.9 Å². The van der Waals surface area contributed by atoms with E-state index in [1.807, 2.05) is 6.07 Å². The lowest BCUT2D eigenvalue weighted by molar-refractivity contribution is 0.0693. The zero-order chi connectivity index (χ0) is 25.1. The number of carbonyl (C=O) groups is 1. The maximum atomic E-state index is 11.6. The summed E-state index contributed by atoms with van der Waals surface area (Å²) in [6, 6.07) is 16.4. The quantitative estimate of drug-likeness (QED) is 0.282. The van der Waals surface area contributed by atoms with Crippen LogP contribution >= 0.6 is 11.3 Å². The number of hydrogen-bond acceptors (Lipinski definition) is 5. The molecule has 0 saturated carbocycles. The highest BCUT2D eigenvalue weighted by Gasteiger charge is 2.24. The maximum absolute atomic E-state index is 11.6. The van der Waals surface area contributed by atoms with Crippen LogP contribution in [0.1, 0.15) is 56.8 Å². The van der Waals surface area contributed by atoms with E-state index in [4.69, 9.17) is 9.47 Å². The molecule has 0 amide bonds. The van der Waals surface area contributed by atoms with Crippen LogP contribution in [0.4, 0.5) is 0 Å². The molecule has 2 N–H and O–H groups in total. The number of rotatable bonds is 9. The van der Waals surface area contributed by atoms with Crippen LogP contribution in [-0.4, -0.2) is 48.3 Å². The zero-order valence-electron chi connectivity index (χ0n) is 20.7. The average molecular weight is 505 g/mol. The fraction of sp³-hybridized carbons (Fsp3) is 0.345. The summed E-state index contributed by atoms with van der Waals surface area (Å²) in [5, 5.41) is 12.9. The number of aromatic amines is 1. The van der Waals surface area contributed by atoms with Crippen LogP contribution in [-0.2, 0) is 17.7 Å². The molecule has 0 aliphatic carbocycles. The van der Waals surface area contributed by atoms with Crippen molar-refractivity contribution < 1.29 is 19.4 Å². The second kappa shape index (κ2) is 10.9. The van der Waals surface area contributed by atoms with E-state index in [0.717, 1.165) is 44.5 Å². The van der Waals surface area contributed by atoms with Gasteiger partial charge in [-0.25, -0.2) is 4.79 Å². The summed E-state index contributed by atoms with van der Waals surface area (Å²) < 4.78 is 11.0. The molecule has 36 heavy (non-hydrogen) atoms. The highest BCUT2D eigenvalue weighted by Crippen LogP contribution is 2.35. The number of aromatic carboxylic acids is 1. The molecule has 188 valence electrons. The molecule has 2 aromatic carbocycles. The second-order valence-corrected chi connectivity index (χ2v) is 10.4. The van der Waals surface area contributed by atoms with Gasteiger partial charge in [0.15, 0.2) is 0 Å². The van der Waals surface area contributed by atoms with Gasteiger partial charge < -0.3 is 19.6 Å². The van der Waals surface area contributed by atoms with Gasteiger partial charge >= 0.3 is 5.97 Å². The van der Waals surface area contributed by atoms with Crippen molar-refractivity contribution in [2.75, 3.05) is 27.3 Å². The molecule has 0 bridgehead atoms. The molecular formula is C29H32N2O4S. The fourth-order valence-electron chi connectivity index (χ4n) is 5.32. The number of benzene rings is 2. The molecule has 3 heterocycles. The Hall–Kier alpha value is -3.13. The first-order valence-electron chi connectivity index (χ1n) is 12.3. The number of carboxylic acids is 1.